The summed E-state index contributed by atoms with van der Waals surface area (Å²) in [6, 6.07) is 0.349. The second kappa shape index (κ2) is 9.99. The van der Waals surface area contributed by atoms with Gasteiger partial charge in [0.2, 0.25) is 11.8 Å². The monoisotopic (exact) mass is 341 g/mol. The molecule has 6 nitrogen and oxygen atoms in total. The Bertz CT molecular complexity index is 399. The molecule has 0 aromatic heterocycles. The molecule has 1 aliphatic rings. The van der Waals surface area contributed by atoms with Crippen molar-refractivity contribution < 1.29 is 14.3 Å². The smallest absolute Gasteiger partial charge is 0.225 e. The van der Waals surface area contributed by atoms with Gasteiger partial charge in [0.05, 0.1) is 13.2 Å². The maximum Gasteiger partial charge on any atom is 0.225 e. The lowest BCUT2D eigenvalue weighted by Crippen LogP contribution is -2.49. The molecule has 0 radical (unpaired) electrons. The molecule has 140 valence electrons. The van der Waals surface area contributed by atoms with Gasteiger partial charge in [-0.3, -0.25) is 14.5 Å². The summed E-state index contributed by atoms with van der Waals surface area (Å²) in [5.41, 5.74) is -0.421. The highest BCUT2D eigenvalue weighted by atomic mass is 16.5. The van der Waals surface area contributed by atoms with Crippen molar-refractivity contribution in [3.8, 4) is 0 Å². The van der Waals surface area contributed by atoms with Gasteiger partial charge >= 0.3 is 0 Å². The second-order valence-corrected chi connectivity index (χ2v) is 7.99. The quantitative estimate of drug-likeness (QED) is 0.700. The molecule has 1 atom stereocenters. The van der Waals surface area contributed by atoms with Gasteiger partial charge in [-0.1, -0.05) is 34.6 Å². The van der Waals surface area contributed by atoms with E-state index < -0.39 is 5.41 Å². The van der Waals surface area contributed by atoms with Crippen LogP contribution in [-0.4, -0.2) is 62.1 Å². The number of rotatable bonds is 8. The Morgan fingerprint density at radius 2 is 1.75 bits per heavy atom. The lowest BCUT2D eigenvalue weighted by Gasteiger charge is -2.35. The fourth-order valence-electron chi connectivity index (χ4n) is 2.72. The Hall–Kier alpha value is -1.14. The average molecular weight is 341 g/mol. The molecule has 0 saturated carbocycles. The first kappa shape index (κ1) is 20.9. The van der Waals surface area contributed by atoms with Gasteiger partial charge in [-0.2, -0.15) is 0 Å². The Balaban J connectivity index is 2.34. The van der Waals surface area contributed by atoms with Gasteiger partial charge in [-0.05, 0) is 12.3 Å². The third kappa shape index (κ3) is 8.11. The molecule has 2 N–H and O–H groups in total. The first-order valence-corrected chi connectivity index (χ1v) is 9.07. The fraction of sp³-hybridized carbons (Fsp3) is 0.889. The lowest BCUT2D eigenvalue weighted by atomic mass is 9.96. The van der Waals surface area contributed by atoms with Crippen LogP contribution in [0.15, 0.2) is 0 Å². The largest absolute Gasteiger partial charge is 0.379 e. The van der Waals surface area contributed by atoms with E-state index in [2.05, 4.69) is 29.4 Å². The SMILES string of the molecule is CC(C)CC(CNC(=O)CCNC(=O)C(C)(C)C)N1CCOCC1. The highest BCUT2D eigenvalue weighted by molar-refractivity contribution is 5.82. The van der Waals surface area contributed by atoms with E-state index in [9.17, 15) is 9.59 Å². The number of nitrogens with one attached hydrogen (secondary N) is 2. The lowest BCUT2D eigenvalue weighted by molar-refractivity contribution is -0.128. The molecule has 24 heavy (non-hydrogen) atoms. The van der Waals surface area contributed by atoms with E-state index >= 15 is 0 Å². The van der Waals surface area contributed by atoms with Crippen LogP contribution in [0.25, 0.3) is 0 Å². The van der Waals surface area contributed by atoms with Crippen LogP contribution in [0, 0.1) is 11.3 Å². The molecule has 2 amide bonds. The predicted octanol–water partition coefficient (Wildman–Crippen LogP) is 1.40. The number of ether oxygens (including phenoxy) is 1. The number of hydrogen-bond donors (Lipinski definition) is 2. The zero-order valence-corrected chi connectivity index (χ0v) is 16.0. The van der Waals surface area contributed by atoms with Crippen molar-refractivity contribution in [1.82, 2.24) is 15.5 Å². The van der Waals surface area contributed by atoms with Crippen LogP contribution >= 0.6 is 0 Å². The Kier molecular flexibility index (Phi) is 8.70. The van der Waals surface area contributed by atoms with Gasteiger partial charge in [0.15, 0.2) is 0 Å². The minimum absolute atomic E-state index is 0.00813. The van der Waals surface area contributed by atoms with Crippen LogP contribution < -0.4 is 10.6 Å². The van der Waals surface area contributed by atoms with Crippen LogP contribution in [0.3, 0.4) is 0 Å². The van der Waals surface area contributed by atoms with Gasteiger partial charge in [-0.15, -0.1) is 0 Å². The second-order valence-electron chi connectivity index (χ2n) is 7.99. The molecular formula is C18H35N3O3. The highest BCUT2D eigenvalue weighted by Crippen LogP contribution is 2.13. The summed E-state index contributed by atoms with van der Waals surface area (Å²) in [6.45, 7) is 14.4. The van der Waals surface area contributed by atoms with Gasteiger partial charge < -0.3 is 15.4 Å². The van der Waals surface area contributed by atoms with E-state index in [-0.39, 0.29) is 11.8 Å². The third-order valence-electron chi connectivity index (χ3n) is 4.16. The summed E-state index contributed by atoms with van der Waals surface area (Å²) in [5, 5.41) is 5.84. The molecule has 1 aliphatic heterocycles. The normalized spacial score (nSPS) is 17.6. The first-order valence-electron chi connectivity index (χ1n) is 9.07. The van der Waals surface area contributed by atoms with E-state index in [1.54, 1.807) is 0 Å². The maximum atomic E-state index is 12.0. The summed E-state index contributed by atoms with van der Waals surface area (Å²) in [7, 11) is 0. The zero-order chi connectivity index (χ0) is 18.2. The minimum Gasteiger partial charge on any atom is -0.379 e. The highest BCUT2D eigenvalue weighted by Gasteiger charge is 2.23. The molecule has 0 aliphatic carbocycles. The van der Waals surface area contributed by atoms with Crippen molar-refractivity contribution in [2.45, 2.75) is 53.5 Å². The number of carbonyl (C=O) groups excluding carboxylic acids is 2. The molecule has 1 saturated heterocycles. The molecule has 6 heteroatoms. The number of nitrogens with zero attached hydrogens (tertiary/aromatic N) is 1. The summed E-state index contributed by atoms with van der Waals surface area (Å²) in [4.78, 5) is 26.2. The molecule has 1 fully saturated rings. The van der Waals surface area contributed by atoms with Crippen LogP contribution in [0.4, 0.5) is 0 Å². The molecule has 1 unspecified atom stereocenters. The predicted molar refractivity (Wildman–Crippen MR) is 95.7 cm³/mol. The van der Waals surface area contributed by atoms with E-state index in [0.29, 0.717) is 31.5 Å². The summed E-state index contributed by atoms with van der Waals surface area (Å²) < 4.78 is 5.41. The van der Waals surface area contributed by atoms with Gasteiger partial charge in [0, 0.05) is 44.1 Å². The third-order valence-corrected chi connectivity index (χ3v) is 4.16. The standard InChI is InChI=1S/C18H35N3O3/c1-14(2)12-15(21-8-10-24-11-9-21)13-20-16(22)6-7-19-17(23)18(3,4)5/h14-15H,6-13H2,1-5H3,(H,19,23)(H,20,22). The van der Waals surface area contributed by atoms with E-state index in [0.717, 1.165) is 32.7 Å². The first-order chi connectivity index (χ1) is 11.2. The van der Waals surface area contributed by atoms with Crippen molar-refractivity contribution in [2.24, 2.45) is 11.3 Å². The van der Waals surface area contributed by atoms with E-state index in [4.69, 9.17) is 4.74 Å². The molecule has 1 heterocycles. The van der Waals surface area contributed by atoms with E-state index in [1.807, 2.05) is 20.8 Å². The topological polar surface area (TPSA) is 70.7 Å². The van der Waals surface area contributed by atoms with Crippen molar-refractivity contribution in [3.05, 3.63) is 0 Å². The number of carbonyl (C=O) groups is 2. The Morgan fingerprint density at radius 1 is 1.12 bits per heavy atom. The Morgan fingerprint density at radius 3 is 2.29 bits per heavy atom. The van der Waals surface area contributed by atoms with Crippen molar-refractivity contribution >= 4 is 11.8 Å². The summed E-state index contributed by atoms with van der Waals surface area (Å²) in [6.07, 6.45) is 1.38. The number of amides is 2. The van der Waals surface area contributed by atoms with Gasteiger partial charge in [0.25, 0.3) is 0 Å². The zero-order valence-electron chi connectivity index (χ0n) is 16.0. The van der Waals surface area contributed by atoms with Crippen molar-refractivity contribution in [1.29, 1.82) is 0 Å². The molecule has 0 spiro atoms. The minimum atomic E-state index is -0.421. The van der Waals surface area contributed by atoms with Gasteiger partial charge in [-0.25, -0.2) is 0 Å². The van der Waals surface area contributed by atoms with Crippen LogP contribution in [-0.2, 0) is 14.3 Å². The van der Waals surface area contributed by atoms with Crippen LogP contribution in [0.1, 0.15) is 47.5 Å². The summed E-state index contributed by atoms with van der Waals surface area (Å²) >= 11 is 0. The molecular weight excluding hydrogens is 306 g/mol. The number of morpholine rings is 1. The molecule has 1 rings (SSSR count). The number of hydrogen-bond acceptors (Lipinski definition) is 4. The average Bonchev–Trinajstić information content (AvgIpc) is 2.51. The fourth-order valence-corrected chi connectivity index (χ4v) is 2.72. The summed E-state index contributed by atoms with van der Waals surface area (Å²) in [5.74, 6) is 0.549. The van der Waals surface area contributed by atoms with Crippen LogP contribution in [0.5, 0.6) is 0 Å². The maximum absolute atomic E-state index is 12.0. The van der Waals surface area contributed by atoms with E-state index in [1.165, 1.54) is 0 Å². The van der Waals surface area contributed by atoms with Crippen molar-refractivity contribution in [3.63, 3.8) is 0 Å². The van der Waals surface area contributed by atoms with Crippen LogP contribution in [0.2, 0.25) is 0 Å². The molecule has 0 bridgehead atoms. The molecule has 0 aromatic carbocycles. The Labute approximate surface area is 146 Å². The van der Waals surface area contributed by atoms with Crippen molar-refractivity contribution in [2.75, 3.05) is 39.4 Å². The van der Waals surface area contributed by atoms with Gasteiger partial charge in [0.1, 0.15) is 0 Å². The molecule has 0 aromatic rings.